The number of fused-ring (bicyclic) bond motifs is 1. The van der Waals surface area contributed by atoms with Crippen LogP contribution in [0.5, 0.6) is 5.75 Å². The van der Waals surface area contributed by atoms with Gasteiger partial charge in [-0.05, 0) is 30.5 Å². The molecule has 1 aliphatic carbocycles. The Balaban J connectivity index is 1.65. The highest BCUT2D eigenvalue weighted by Gasteiger charge is 2.26. The van der Waals surface area contributed by atoms with E-state index >= 15 is 0 Å². The van der Waals surface area contributed by atoms with E-state index in [9.17, 15) is 5.11 Å². The molecule has 0 saturated heterocycles. The van der Waals surface area contributed by atoms with Gasteiger partial charge < -0.3 is 5.11 Å². The van der Waals surface area contributed by atoms with E-state index in [-0.39, 0.29) is 0 Å². The first-order valence-corrected chi connectivity index (χ1v) is 7.60. The maximum Gasteiger partial charge on any atom is 0.234 e. The zero-order valence-electron chi connectivity index (χ0n) is 10.9. The van der Waals surface area contributed by atoms with E-state index in [0.717, 1.165) is 21.4 Å². The largest absolute Gasteiger partial charge is 0.508 e. The second-order valence-corrected chi connectivity index (χ2v) is 6.26. The highest BCUT2D eigenvalue weighted by atomic mass is 32.1. The summed E-state index contributed by atoms with van der Waals surface area (Å²) >= 11 is 1.57. The number of aromatic nitrogens is 4. The van der Waals surface area contributed by atoms with Gasteiger partial charge in [0.1, 0.15) is 10.8 Å². The number of benzene rings is 1. The third-order valence-electron chi connectivity index (χ3n) is 3.79. The molecule has 6 heteroatoms. The molecular weight excluding hydrogens is 272 g/mol. The van der Waals surface area contributed by atoms with E-state index in [2.05, 4.69) is 15.3 Å². The first-order chi connectivity index (χ1) is 9.79. The number of rotatable bonds is 3. The van der Waals surface area contributed by atoms with E-state index in [1.54, 1.807) is 23.5 Å². The molecule has 2 aromatic heterocycles. The van der Waals surface area contributed by atoms with Gasteiger partial charge >= 0.3 is 0 Å². The van der Waals surface area contributed by atoms with Gasteiger partial charge in [-0.2, -0.15) is 9.61 Å². The van der Waals surface area contributed by atoms with Crippen LogP contribution in [0.15, 0.2) is 24.3 Å². The molecule has 5 nitrogen and oxygen atoms in total. The van der Waals surface area contributed by atoms with Crippen LogP contribution in [0, 0.1) is 0 Å². The number of phenolic OH excluding ortho intramolecular Hbond substituents is 1. The monoisotopic (exact) mass is 286 g/mol. The van der Waals surface area contributed by atoms with Gasteiger partial charge in [0.05, 0.1) is 0 Å². The number of hydrogen-bond acceptors (Lipinski definition) is 5. The molecule has 1 saturated carbocycles. The van der Waals surface area contributed by atoms with E-state index in [0.29, 0.717) is 18.1 Å². The maximum absolute atomic E-state index is 9.50. The van der Waals surface area contributed by atoms with Crippen molar-refractivity contribution >= 4 is 16.3 Å². The Morgan fingerprint density at radius 2 is 2.20 bits per heavy atom. The number of phenols is 1. The fourth-order valence-electron chi connectivity index (χ4n) is 2.51. The second-order valence-electron chi connectivity index (χ2n) is 5.22. The van der Waals surface area contributed by atoms with Gasteiger partial charge in [0.25, 0.3) is 0 Å². The minimum absolute atomic E-state index is 0.292. The van der Waals surface area contributed by atoms with Crippen LogP contribution in [0.3, 0.4) is 0 Å². The highest BCUT2D eigenvalue weighted by Crippen LogP contribution is 2.35. The van der Waals surface area contributed by atoms with Gasteiger partial charge in [-0.3, -0.25) is 0 Å². The summed E-state index contributed by atoms with van der Waals surface area (Å²) in [7, 11) is 0. The predicted molar refractivity (Wildman–Crippen MR) is 76.2 cm³/mol. The van der Waals surface area contributed by atoms with Crippen molar-refractivity contribution in [3.05, 3.63) is 40.7 Å². The number of nitrogens with zero attached hydrogens (tertiary/aromatic N) is 4. The van der Waals surface area contributed by atoms with Crippen molar-refractivity contribution in [2.24, 2.45) is 0 Å². The molecule has 2 heterocycles. The van der Waals surface area contributed by atoms with Crippen LogP contribution >= 0.6 is 11.3 Å². The van der Waals surface area contributed by atoms with Crippen LogP contribution in [-0.4, -0.2) is 24.9 Å². The molecule has 1 aliphatic rings. The van der Waals surface area contributed by atoms with Crippen molar-refractivity contribution in [2.45, 2.75) is 31.6 Å². The molecule has 0 atom stereocenters. The lowest BCUT2D eigenvalue weighted by atomic mass is 9.85. The Bertz CT molecular complexity index is 759. The molecule has 4 rings (SSSR count). The topological polar surface area (TPSA) is 63.3 Å². The Morgan fingerprint density at radius 3 is 2.95 bits per heavy atom. The second kappa shape index (κ2) is 4.56. The van der Waals surface area contributed by atoms with Crippen molar-refractivity contribution in [3.8, 4) is 5.75 Å². The molecule has 0 spiro atoms. The summed E-state index contributed by atoms with van der Waals surface area (Å²) in [5, 5.41) is 23.6. The minimum atomic E-state index is 0.292. The molecule has 1 N–H and O–H groups in total. The lowest BCUT2D eigenvalue weighted by Gasteiger charge is -2.22. The van der Waals surface area contributed by atoms with Crippen LogP contribution in [0.2, 0.25) is 0 Å². The lowest BCUT2D eigenvalue weighted by molar-refractivity contribution is 0.395. The first kappa shape index (κ1) is 11.8. The zero-order valence-corrected chi connectivity index (χ0v) is 11.7. The van der Waals surface area contributed by atoms with Crippen molar-refractivity contribution in [3.63, 3.8) is 0 Å². The quantitative estimate of drug-likeness (QED) is 0.804. The van der Waals surface area contributed by atoms with Crippen molar-refractivity contribution in [1.29, 1.82) is 0 Å². The van der Waals surface area contributed by atoms with Gasteiger partial charge in [-0.1, -0.05) is 29.9 Å². The van der Waals surface area contributed by atoms with E-state index in [4.69, 9.17) is 0 Å². The smallest absolute Gasteiger partial charge is 0.234 e. The van der Waals surface area contributed by atoms with Crippen molar-refractivity contribution < 1.29 is 5.11 Å². The van der Waals surface area contributed by atoms with E-state index in [1.807, 2.05) is 16.6 Å². The summed E-state index contributed by atoms with van der Waals surface area (Å²) in [6, 6.07) is 7.30. The SMILES string of the molecule is Oc1cccc(Cc2nn3c(C4CCC4)nnc3s2)c1. The molecule has 20 heavy (non-hydrogen) atoms. The van der Waals surface area contributed by atoms with Crippen LogP contribution in [0.1, 0.15) is 41.6 Å². The molecule has 0 aliphatic heterocycles. The molecule has 0 bridgehead atoms. The number of aromatic hydroxyl groups is 1. The summed E-state index contributed by atoms with van der Waals surface area (Å²) in [6.45, 7) is 0. The zero-order chi connectivity index (χ0) is 13.5. The Hall–Kier alpha value is -1.95. The van der Waals surface area contributed by atoms with Crippen LogP contribution in [0.4, 0.5) is 0 Å². The maximum atomic E-state index is 9.50. The highest BCUT2D eigenvalue weighted by molar-refractivity contribution is 7.16. The van der Waals surface area contributed by atoms with Crippen LogP contribution < -0.4 is 0 Å². The molecule has 0 radical (unpaired) electrons. The van der Waals surface area contributed by atoms with E-state index < -0.39 is 0 Å². The molecule has 0 amide bonds. The standard InChI is InChI=1S/C14H14N4OS/c19-11-6-1-3-9(7-11)8-12-17-18-13(10-4-2-5-10)15-16-14(18)20-12/h1,3,6-7,10,19H,2,4-5,8H2. The molecule has 0 unspecified atom stereocenters. The summed E-state index contributed by atoms with van der Waals surface area (Å²) < 4.78 is 1.90. The molecular formula is C14H14N4OS. The fraction of sp³-hybridized carbons (Fsp3) is 0.357. The summed E-state index contributed by atoms with van der Waals surface area (Å²) in [6.07, 6.45) is 4.38. The van der Waals surface area contributed by atoms with Gasteiger partial charge in [0.2, 0.25) is 4.96 Å². The molecule has 3 aromatic rings. The average molecular weight is 286 g/mol. The van der Waals surface area contributed by atoms with Crippen molar-refractivity contribution in [1.82, 2.24) is 19.8 Å². The summed E-state index contributed by atoms with van der Waals surface area (Å²) in [5.41, 5.74) is 1.06. The Labute approximate surface area is 119 Å². The normalized spacial score (nSPS) is 15.6. The summed E-state index contributed by atoms with van der Waals surface area (Å²) in [4.78, 5) is 0.863. The van der Waals surface area contributed by atoms with Gasteiger partial charge in [-0.25, -0.2) is 0 Å². The van der Waals surface area contributed by atoms with Gasteiger partial charge in [-0.15, -0.1) is 10.2 Å². The van der Waals surface area contributed by atoms with Gasteiger partial charge in [0, 0.05) is 12.3 Å². The average Bonchev–Trinajstić information content (AvgIpc) is 2.89. The predicted octanol–water partition coefficient (Wildman–Crippen LogP) is 2.75. The van der Waals surface area contributed by atoms with Crippen LogP contribution in [-0.2, 0) is 6.42 Å². The third-order valence-corrected chi connectivity index (χ3v) is 4.69. The Kier molecular flexibility index (Phi) is 2.70. The van der Waals surface area contributed by atoms with Gasteiger partial charge in [0.15, 0.2) is 5.82 Å². The van der Waals surface area contributed by atoms with E-state index in [1.165, 1.54) is 19.3 Å². The Morgan fingerprint density at radius 1 is 1.30 bits per heavy atom. The first-order valence-electron chi connectivity index (χ1n) is 6.78. The number of hydrogen-bond donors (Lipinski definition) is 1. The fourth-order valence-corrected chi connectivity index (χ4v) is 3.38. The molecule has 102 valence electrons. The molecule has 1 aromatic carbocycles. The lowest BCUT2D eigenvalue weighted by Crippen LogP contribution is -2.13. The minimum Gasteiger partial charge on any atom is -0.508 e. The summed E-state index contributed by atoms with van der Waals surface area (Å²) in [5.74, 6) is 1.83. The molecule has 1 fully saturated rings. The van der Waals surface area contributed by atoms with Crippen molar-refractivity contribution in [2.75, 3.05) is 0 Å². The van der Waals surface area contributed by atoms with Crippen LogP contribution in [0.25, 0.3) is 4.96 Å². The third kappa shape index (κ3) is 1.96.